The SMILES string of the molecule is c1ccc([Si](c2ccccc2)(c2ccccc2)c2ccc(-n3c4ccccc4c4cc(-n5c6ccccc6c6c(-n7c8ccccc8c8cccnc87)cccc65)ccc43)cc2)cc1. The van der Waals surface area contributed by atoms with Crippen LogP contribution in [0.3, 0.4) is 0 Å². The van der Waals surface area contributed by atoms with Crippen LogP contribution in [0.25, 0.3) is 82.6 Å². The van der Waals surface area contributed by atoms with E-state index in [1.165, 1.54) is 64.2 Å². The summed E-state index contributed by atoms with van der Waals surface area (Å²) >= 11 is 0. The number of rotatable bonds is 7. The molecule has 0 aliphatic heterocycles. The van der Waals surface area contributed by atoms with Gasteiger partial charge in [-0.3, -0.25) is 4.57 Å². The highest BCUT2D eigenvalue weighted by molar-refractivity contribution is 7.19. The molecule has 0 saturated carbocycles. The van der Waals surface area contributed by atoms with Gasteiger partial charge in [0.05, 0.1) is 33.3 Å². The molecule has 0 atom stereocenters. The maximum atomic E-state index is 4.95. The number of para-hydroxylation sites is 3. The van der Waals surface area contributed by atoms with Crippen LogP contribution in [0.2, 0.25) is 0 Å². The Balaban J connectivity index is 1.00. The van der Waals surface area contributed by atoms with Crippen molar-refractivity contribution in [3.63, 3.8) is 0 Å². The van der Waals surface area contributed by atoms with Gasteiger partial charge in [0.15, 0.2) is 8.07 Å². The maximum Gasteiger partial charge on any atom is 0.179 e. The van der Waals surface area contributed by atoms with Crippen molar-refractivity contribution in [3.05, 3.63) is 243 Å². The Kier molecular flexibility index (Phi) is 8.20. The first-order valence-corrected chi connectivity index (χ1v) is 24.0. The Morgan fingerprint density at radius 1 is 0.297 bits per heavy atom. The van der Waals surface area contributed by atoms with E-state index >= 15 is 0 Å². The van der Waals surface area contributed by atoms with E-state index in [-0.39, 0.29) is 0 Å². The Morgan fingerprint density at radius 2 is 0.750 bits per heavy atom. The molecule has 0 fully saturated rings. The summed E-state index contributed by atoms with van der Waals surface area (Å²) in [5, 5.41) is 12.7. The third-order valence-electron chi connectivity index (χ3n) is 13.4. The summed E-state index contributed by atoms with van der Waals surface area (Å²) in [6.07, 6.45) is 1.90. The fourth-order valence-electron chi connectivity index (χ4n) is 10.8. The van der Waals surface area contributed by atoms with E-state index in [2.05, 4.69) is 244 Å². The lowest BCUT2D eigenvalue weighted by atomic mass is 10.1. The van der Waals surface area contributed by atoms with E-state index in [1.54, 1.807) is 0 Å². The van der Waals surface area contributed by atoms with Gasteiger partial charge < -0.3 is 9.13 Å². The zero-order chi connectivity index (χ0) is 42.2. The molecule has 64 heavy (non-hydrogen) atoms. The standard InChI is InChI=1S/C59H40N4Si/c1-4-18-43(19-5-1)64(44-20-6-2-7-21-44,45-22-8-3-9-23-45)46-36-33-41(34-37-46)61-52-28-13-11-25-48(52)51-40-42(35-38-55(51)61)62-54-30-15-12-26-50(54)58-56(62)31-16-32-57(58)63-53-29-14-10-24-47(53)49-27-17-39-60-59(49)63/h1-40H. The van der Waals surface area contributed by atoms with Crippen molar-refractivity contribution in [3.8, 4) is 17.1 Å². The second-order valence-corrected chi connectivity index (χ2v) is 20.5. The van der Waals surface area contributed by atoms with E-state index in [4.69, 9.17) is 4.98 Å². The van der Waals surface area contributed by atoms with Gasteiger partial charge in [0.2, 0.25) is 0 Å². The Labute approximate surface area is 371 Å². The summed E-state index contributed by atoms with van der Waals surface area (Å²) < 4.78 is 7.23. The number of benzene rings is 9. The molecule has 4 aromatic heterocycles. The first kappa shape index (κ1) is 36.4. The van der Waals surface area contributed by atoms with Crippen molar-refractivity contribution < 1.29 is 0 Å². The second kappa shape index (κ2) is 14.4. The normalized spacial score (nSPS) is 12.1. The molecule has 13 rings (SSSR count). The second-order valence-electron chi connectivity index (χ2n) is 16.7. The van der Waals surface area contributed by atoms with E-state index in [0.717, 1.165) is 39.1 Å². The van der Waals surface area contributed by atoms with Crippen molar-refractivity contribution in [1.82, 2.24) is 18.7 Å². The van der Waals surface area contributed by atoms with Crippen LogP contribution in [-0.2, 0) is 0 Å². The van der Waals surface area contributed by atoms with Gasteiger partial charge in [0.25, 0.3) is 0 Å². The molecule has 300 valence electrons. The first-order chi connectivity index (χ1) is 31.8. The lowest BCUT2D eigenvalue weighted by molar-refractivity contribution is 1.14. The Hall–Kier alpha value is -8.25. The monoisotopic (exact) mass is 832 g/mol. The van der Waals surface area contributed by atoms with E-state index < -0.39 is 8.07 Å². The Morgan fingerprint density at radius 3 is 1.39 bits per heavy atom. The zero-order valence-electron chi connectivity index (χ0n) is 34.9. The highest BCUT2D eigenvalue weighted by Crippen LogP contribution is 2.41. The number of pyridine rings is 1. The van der Waals surface area contributed by atoms with Crippen LogP contribution in [0.15, 0.2) is 243 Å². The van der Waals surface area contributed by atoms with Crippen LogP contribution < -0.4 is 20.7 Å². The fourth-order valence-corrected chi connectivity index (χ4v) is 15.6. The van der Waals surface area contributed by atoms with Crippen LogP contribution in [0, 0.1) is 0 Å². The summed E-state index contributed by atoms with van der Waals surface area (Å²) in [5.74, 6) is 0. The molecule has 0 spiro atoms. The summed E-state index contributed by atoms with van der Waals surface area (Å²) in [5.41, 5.74) is 10.2. The van der Waals surface area contributed by atoms with Gasteiger partial charge in [0.1, 0.15) is 5.65 Å². The largest absolute Gasteiger partial charge is 0.309 e. The molecule has 0 amide bonds. The molecular weight excluding hydrogens is 793 g/mol. The molecular formula is C59H40N4Si. The minimum atomic E-state index is -2.66. The average Bonchev–Trinajstić information content (AvgIpc) is 4.01. The summed E-state index contributed by atoms with van der Waals surface area (Å²) in [6, 6.07) is 87.1. The predicted octanol–water partition coefficient (Wildman–Crippen LogP) is 11.8. The fraction of sp³-hybridized carbons (Fsp3) is 0. The third kappa shape index (κ3) is 5.25. The summed E-state index contributed by atoms with van der Waals surface area (Å²) in [7, 11) is -2.66. The highest BCUT2D eigenvalue weighted by atomic mass is 28.3. The number of hydrogen-bond acceptors (Lipinski definition) is 1. The molecule has 0 N–H and O–H groups in total. The van der Waals surface area contributed by atoms with Gasteiger partial charge in [-0.2, -0.15) is 0 Å². The van der Waals surface area contributed by atoms with Crippen LogP contribution in [0.5, 0.6) is 0 Å². The topological polar surface area (TPSA) is 27.7 Å². The number of fused-ring (bicyclic) bond motifs is 9. The van der Waals surface area contributed by atoms with Gasteiger partial charge in [-0.05, 0) is 93.5 Å². The van der Waals surface area contributed by atoms with E-state index in [0.29, 0.717) is 0 Å². The predicted molar refractivity (Wildman–Crippen MR) is 271 cm³/mol. The number of hydrogen-bond donors (Lipinski definition) is 0. The molecule has 4 heterocycles. The molecule has 0 radical (unpaired) electrons. The van der Waals surface area contributed by atoms with Crippen LogP contribution in [-0.4, -0.2) is 26.8 Å². The average molecular weight is 833 g/mol. The minimum absolute atomic E-state index is 0.962. The van der Waals surface area contributed by atoms with Crippen molar-refractivity contribution in [1.29, 1.82) is 0 Å². The van der Waals surface area contributed by atoms with Crippen molar-refractivity contribution in [2.24, 2.45) is 0 Å². The van der Waals surface area contributed by atoms with Gasteiger partial charge in [-0.1, -0.05) is 164 Å². The van der Waals surface area contributed by atoms with Crippen molar-refractivity contribution in [2.75, 3.05) is 0 Å². The van der Waals surface area contributed by atoms with E-state index in [9.17, 15) is 0 Å². The smallest absolute Gasteiger partial charge is 0.179 e. The first-order valence-electron chi connectivity index (χ1n) is 22.0. The van der Waals surface area contributed by atoms with Crippen LogP contribution >= 0.6 is 0 Å². The molecule has 0 aliphatic carbocycles. The maximum absolute atomic E-state index is 4.95. The lowest BCUT2D eigenvalue weighted by Gasteiger charge is -2.34. The van der Waals surface area contributed by atoms with Gasteiger partial charge in [-0.25, -0.2) is 4.98 Å². The molecule has 9 aromatic carbocycles. The number of nitrogens with zero attached hydrogens (tertiary/aromatic N) is 4. The zero-order valence-corrected chi connectivity index (χ0v) is 35.9. The highest BCUT2D eigenvalue weighted by Gasteiger charge is 2.41. The number of aromatic nitrogens is 4. The van der Waals surface area contributed by atoms with Gasteiger partial charge >= 0.3 is 0 Å². The van der Waals surface area contributed by atoms with Crippen LogP contribution in [0.1, 0.15) is 0 Å². The molecule has 0 saturated heterocycles. The van der Waals surface area contributed by atoms with Crippen LogP contribution in [0.4, 0.5) is 0 Å². The summed E-state index contributed by atoms with van der Waals surface area (Å²) in [6.45, 7) is 0. The molecule has 0 aliphatic rings. The van der Waals surface area contributed by atoms with Gasteiger partial charge in [0, 0.05) is 49.9 Å². The molecule has 0 bridgehead atoms. The van der Waals surface area contributed by atoms with Crippen molar-refractivity contribution >= 4 is 94.4 Å². The molecule has 13 aromatic rings. The van der Waals surface area contributed by atoms with Gasteiger partial charge in [-0.15, -0.1) is 0 Å². The molecule has 4 nitrogen and oxygen atoms in total. The van der Waals surface area contributed by atoms with E-state index in [1.807, 2.05) is 12.3 Å². The molecule has 5 heteroatoms. The minimum Gasteiger partial charge on any atom is -0.309 e. The third-order valence-corrected chi connectivity index (χ3v) is 18.2. The summed E-state index contributed by atoms with van der Waals surface area (Å²) in [4.78, 5) is 4.95. The lowest BCUT2D eigenvalue weighted by Crippen LogP contribution is -2.74. The quantitative estimate of drug-likeness (QED) is 0.116. The van der Waals surface area contributed by atoms with Crippen molar-refractivity contribution in [2.45, 2.75) is 0 Å². The Bertz CT molecular complexity index is 3730. The molecule has 0 unspecified atom stereocenters.